The Kier molecular flexibility index (Phi) is 4.85. The lowest BCUT2D eigenvalue weighted by atomic mass is 9.97. The minimum Gasteiger partial charge on any atom is -0.454 e. The van der Waals surface area contributed by atoms with Crippen molar-refractivity contribution in [2.24, 2.45) is 0 Å². The number of H-pyrrole nitrogens is 1. The van der Waals surface area contributed by atoms with Crippen LogP contribution in [0.4, 0.5) is 4.39 Å². The molecule has 0 bridgehead atoms. The molecule has 0 amide bonds. The maximum absolute atomic E-state index is 12.9. The molecule has 0 atom stereocenters. The standard InChI is InChI=1S/C20H17FN2O3S/c21-13-8-5-12(6-9-13)7-10-17(24)26-11-16-22-19(25)18-14-3-1-2-4-15(14)27-20(18)23-16/h5-10H,1-4,11H2,(H,22,23,25)/b10-7+. The van der Waals surface area contributed by atoms with Gasteiger partial charge in [0.05, 0.1) is 5.39 Å². The summed E-state index contributed by atoms with van der Waals surface area (Å²) in [7, 11) is 0. The molecular weight excluding hydrogens is 367 g/mol. The van der Waals surface area contributed by atoms with Gasteiger partial charge in [-0.15, -0.1) is 11.3 Å². The van der Waals surface area contributed by atoms with Crippen LogP contribution < -0.4 is 5.56 Å². The van der Waals surface area contributed by atoms with Gasteiger partial charge in [-0.25, -0.2) is 14.2 Å². The molecule has 2 aromatic heterocycles. The molecular formula is C20H17FN2O3S. The number of aromatic nitrogens is 2. The number of nitrogens with one attached hydrogen (secondary N) is 1. The molecule has 0 spiro atoms. The second kappa shape index (κ2) is 7.44. The molecule has 4 rings (SSSR count). The first kappa shape index (κ1) is 17.6. The van der Waals surface area contributed by atoms with Crippen molar-refractivity contribution in [2.45, 2.75) is 32.3 Å². The lowest BCUT2D eigenvalue weighted by molar-refractivity contribution is -0.139. The normalized spacial score (nSPS) is 13.8. The minimum absolute atomic E-state index is 0.111. The van der Waals surface area contributed by atoms with E-state index >= 15 is 0 Å². The molecule has 0 radical (unpaired) electrons. The van der Waals surface area contributed by atoms with Gasteiger partial charge in [0, 0.05) is 11.0 Å². The number of aryl methyl sites for hydroxylation is 2. The van der Waals surface area contributed by atoms with Crippen molar-refractivity contribution < 1.29 is 13.9 Å². The van der Waals surface area contributed by atoms with E-state index in [0.29, 0.717) is 21.6 Å². The van der Waals surface area contributed by atoms with Crippen molar-refractivity contribution in [3.8, 4) is 0 Å². The van der Waals surface area contributed by atoms with E-state index < -0.39 is 5.97 Å². The van der Waals surface area contributed by atoms with Crippen LogP contribution in [0.1, 0.15) is 34.7 Å². The molecule has 5 nitrogen and oxygen atoms in total. The number of halogens is 1. The number of hydrogen-bond acceptors (Lipinski definition) is 5. The number of carbonyl (C=O) groups is 1. The smallest absolute Gasteiger partial charge is 0.331 e. The number of nitrogens with zero attached hydrogens (tertiary/aromatic N) is 1. The van der Waals surface area contributed by atoms with Gasteiger partial charge in [0.15, 0.2) is 0 Å². The van der Waals surface area contributed by atoms with Crippen LogP contribution >= 0.6 is 11.3 Å². The first-order valence-corrected chi connectivity index (χ1v) is 9.55. The van der Waals surface area contributed by atoms with Crippen LogP contribution in [0.25, 0.3) is 16.3 Å². The summed E-state index contributed by atoms with van der Waals surface area (Å²) in [6.07, 6.45) is 6.94. The highest BCUT2D eigenvalue weighted by Gasteiger charge is 2.19. The fourth-order valence-electron chi connectivity index (χ4n) is 3.20. The van der Waals surface area contributed by atoms with Crippen LogP contribution in [-0.2, 0) is 29.0 Å². The van der Waals surface area contributed by atoms with E-state index in [-0.39, 0.29) is 18.0 Å². The zero-order valence-corrected chi connectivity index (χ0v) is 15.3. The van der Waals surface area contributed by atoms with E-state index in [2.05, 4.69) is 9.97 Å². The zero-order valence-electron chi connectivity index (χ0n) is 14.5. The molecule has 1 N–H and O–H groups in total. The largest absolute Gasteiger partial charge is 0.454 e. The number of rotatable bonds is 4. The van der Waals surface area contributed by atoms with E-state index in [1.165, 1.54) is 29.2 Å². The average Bonchev–Trinajstić information content (AvgIpc) is 3.05. The molecule has 7 heteroatoms. The van der Waals surface area contributed by atoms with Gasteiger partial charge in [-0.3, -0.25) is 4.79 Å². The van der Waals surface area contributed by atoms with Crippen molar-refractivity contribution in [3.05, 3.63) is 68.3 Å². The molecule has 2 heterocycles. The van der Waals surface area contributed by atoms with Gasteiger partial charge in [-0.2, -0.15) is 0 Å². The van der Waals surface area contributed by atoms with Gasteiger partial charge in [-0.05, 0) is 55.0 Å². The number of carbonyl (C=O) groups excluding carboxylic acids is 1. The second-order valence-electron chi connectivity index (χ2n) is 6.40. The van der Waals surface area contributed by atoms with Crippen LogP contribution in [0, 0.1) is 5.82 Å². The molecule has 3 aromatic rings. The summed E-state index contributed by atoms with van der Waals surface area (Å²) in [4.78, 5) is 33.4. The molecule has 1 aromatic carbocycles. The Bertz CT molecular complexity index is 1080. The Labute approximate surface area is 158 Å². The lowest BCUT2D eigenvalue weighted by Gasteiger charge is -2.09. The zero-order chi connectivity index (χ0) is 18.8. The van der Waals surface area contributed by atoms with Gasteiger partial charge < -0.3 is 9.72 Å². The maximum Gasteiger partial charge on any atom is 0.331 e. The first-order chi connectivity index (χ1) is 13.1. The summed E-state index contributed by atoms with van der Waals surface area (Å²) in [6.45, 7) is -0.111. The average molecular weight is 384 g/mol. The Morgan fingerprint density at radius 2 is 2.04 bits per heavy atom. The molecule has 0 saturated heterocycles. The Morgan fingerprint density at radius 1 is 1.26 bits per heavy atom. The predicted octanol–water partition coefficient (Wildman–Crippen LogP) is 3.76. The van der Waals surface area contributed by atoms with E-state index in [1.807, 2.05) is 0 Å². The summed E-state index contributed by atoms with van der Waals surface area (Å²) in [5, 5.41) is 0.681. The number of benzene rings is 1. The van der Waals surface area contributed by atoms with Crippen LogP contribution in [0.5, 0.6) is 0 Å². The SMILES string of the molecule is O=C(/C=C/c1ccc(F)cc1)OCc1nc2sc3c(c2c(=O)[nH]1)CCCC3. The predicted molar refractivity (Wildman–Crippen MR) is 102 cm³/mol. The van der Waals surface area contributed by atoms with Crippen molar-refractivity contribution in [3.63, 3.8) is 0 Å². The lowest BCUT2D eigenvalue weighted by Crippen LogP contribution is -2.14. The fourth-order valence-corrected chi connectivity index (χ4v) is 4.48. The first-order valence-electron chi connectivity index (χ1n) is 8.74. The monoisotopic (exact) mass is 384 g/mol. The molecule has 0 aliphatic heterocycles. The van der Waals surface area contributed by atoms with Crippen LogP contribution in [-0.4, -0.2) is 15.9 Å². The molecule has 1 aliphatic carbocycles. The highest BCUT2D eigenvalue weighted by atomic mass is 32.1. The van der Waals surface area contributed by atoms with Crippen molar-refractivity contribution in [1.29, 1.82) is 0 Å². The fraction of sp³-hybridized carbons (Fsp3) is 0.250. The molecule has 0 saturated carbocycles. The number of ether oxygens (including phenoxy) is 1. The maximum atomic E-state index is 12.9. The van der Waals surface area contributed by atoms with Crippen LogP contribution in [0.2, 0.25) is 0 Å². The van der Waals surface area contributed by atoms with Crippen molar-refractivity contribution >= 4 is 33.6 Å². The highest BCUT2D eigenvalue weighted by Crippen LogP contribution is 2.33. The van der Waals surface area contributed by atoms with Gasteiger partial charge in [0.1, 0.15) is 23.1 Å². The van der Waals surface area contributed by atoms with Crippen LogP contribution in [0.3, 0.4) is 0 Å². The number of hydrogen-bond donors (Lipinski definition) is 1. The van der Waals surface area contributed by atoms with Gasteiger partial charge in [0.2, 0.25) is 0 Å². The van der Waals surface area contributed by atoms with Crippen molar-refractivity contribution in [1.82, 2.24) is 9.97 Å². The van der Waals surface area contributed by atoms with E-state index in [9.17, 15) is 14.0 Å². The summed E-state index contributed by atoms with van der Waals surface area (Å²) in [6, 6.07) is 5.75. The summed E-state index contributed by atoms with van der Waals surface area (Å²) in [5.41, 5.74) is 1.64. The molecule has 1 aliphatic rings. The van der Waals surface area contributed by atoms with E-state index in [1.54, 1.807) is 23.5 Å². The van der Waals surface area contributed by atoms with Crippen molar-refractivity contribution in [2.75, 3.05) is 0 Å². The van der Waals surface area contributed by atoms with Gasteiger partial charge in [0.25, 0.3) is 5.56 Å². The quantitative estimate of drug-likeness (QED) is 0.549. The minimum atomic E-state index is -0.562. The van der Waals surface area contributed by atoms with E-state index in [0.717, 1.165) is 31.2 Å². The van der Waals surface area contributed by atoms with Crippen LogP contribution in [0.15, 0.2) is 35.1 Å². The topological polar surface area (TPSA) is 72.0 Å². The third kappa shape index (κ3) is 3.83. The Morgan fingerprint density at radius 3 is 2.85 bits per heavy atom. The number of fused-ring (bicyclic) bond motifs is 3. The third-order valence-electron chi connectivity index (χ3n) is 4.51. The summed E-state index contributed by atoms with van der Waals surface area (Å²) in [5.74, 6) is -0.572. The van der Waals surface area contributed by atoms with Gasteiger partial charge in [-0.1, -0.05) is 12.1 Å². The Hall–Kier alpha value is -2.80. The summed E-state index contributed by atoms with van der Waals surface area (Å²) < 4.78 is 18.0. The molecule has 0 unspecified atom stereocenters. The van der Waals surface area contributed by atoms with E-state index in [4.69, 9.17) is 4.74 Å². The van der Waals surface area contributed by atoms with Gasteiger partial charge >= 0.3 is 5.97 Å². The third-order valence-corrected chi connectivity index (χ3v) is 5.69. The molecule has 0 fully saturated rings. The number of esters is 1. The second-order valence-corrected chi connectivity index (χ2v) is 7.48. The molecule has 138 valence electrons. The molecule has 27 heavy (non-hydrogen) atoms. The highest BCUT2D eigenvalue weighted by molar-refractivity contribution is 7.18. The summed E-state index contributed by atoms with van der Waals surface area (Å²) >= 11 is 1.55. The Balaban J connectivity index is 1.46. The number of thiophene rings is 1. The number of aromatic amines is 1.